The van der Waals surface area contributed by atoms with E-state index < -0.39 is 11.2 Å². The Bertz CT molecular complexity index is 969. The second-order valence-corrected chi connectivity index (χ2v) is 6.06. The summed E-state index contributed by atoms with van der Waals surface area (Å²) in [5, 5.41) is 20.6. The second kappa shape index (κ2) is 5.69. The van der Waals surface area contributed by atoms with Crippen molar-refractivity contribution in [1.82, 2.24) is 0 Å². The topological polar surface area (TPSA) is 79.9 Å². The van der Waals surface area contributed by atoms with Gasteiger partial charge in [-0.3, -0.25) is 0 Å². The second-order valence-electron chi connectivity index (χ2n) is 6.06. The van der Waals surface area contributed by atoms with E-state index in [-0.39, 0.29) is 11.5 Å². The summed E-state index contributed by atoms with van der Waals surface area (Å²) in [6, 6.07) is 11.6. The van der Waals surface area contributed by atoms with Gasteiger partial charge in [0, 0.05) is 18.1 Å². The van der Waals surface area contributed by atoms with Gasteiger partial charge in [0.15, 0.2) is 11.5 Å². The van der Waals surface area contributed by atoms with E-state index in [1.165, 1.54) is 19.2 Å². The van der Waals surface area contributed by atoms with Crippen molar-refractivity contribution in [1.29, 1.82) is 0 Å². The van der Waals surface area contributed by atoms with Crippen molar-refractivity contribution in [3.63, 3.8) is 0 Å². The van der Waals surface area contributed by atoms with Gasteiger partial charge in [0.2, 0.25) is 0 Å². The number of ether oxygens (including phenoxy) is 1. The predicted molar refractivity (Wildman–Crippen MR) is 91.3 cm³/mol. The van der Waals surface area contributed by atoms with Crippen molar-refractivity contribution < 1.29 is 19.4 Å². The van der Waals surface area contributed by atoms with Crippen LogP contribution in [0, 0.1) is 0 Å². The summed E-state index contributed by atoms with van der Waals surface area (Å²) in [4.78, 5) is 12.4. The lowest BCUT2D eigenvalue weighted by Gasteiger charge is -2.25. The number of rotatable bonds is 3. The Morgan fingerprint density at radius 3 is 2.29 bits per heavy atom. The third kappa shape index (κ3) is 2.53. The number of fused-ring (bicyclic) bond motifs is 1. The van der Waals surface area contributed by atoms with E-state index in [4.69, 9.17) is 9.15 Å². The average molecular weight is 326 g/mol. The summed E-state index contributed by atoms with van der Waals surface area (Å²) in [5.74, 6) is -0.101. The molecule has 0 unspecified atom stereocenters. The summed E-state index contributed by atoms with van der Waals surface area (Å²) in [6.07, 6.45) is 0. The van der Waals surface area contributed by atoms with E-state index in [1.54, 1.807) is 32.0 Å². The number of hydrogen-bond acceptors (Lipinski definition) is 5. The highest BCUT2D eigenvalue weighted by atomic mass is 16.5. The fourth-order valence-corrected chi connectivity index (χ4v) is 2.68. The summed E-state index contributed by atoms with van der Waals surface area (Å²) < 4.78 is 11.1. The quantitative estimate of drug-likeness (QED) is 0.717. The minimum Gasteiger partial charge on any atom is -0.504 e. The molecule has 0 fully saturated rings. The standard InChI is InChI=1S/C19H18O5/c1-19(2,23-3)17-16(11-8-9-14(20)15(21)10-11)12-6-4-5-7-13(12)18(22)24-17/h4-10,20-21H,1-3H3. The third-order valence-electron chi connectivity index (χ3n) is 4.16. The first-order valence-electron chi connectivity index (χ1n) is 7.49. The van der Waals surface area contributed by atoms with E-state index in [2.05, 4.69) is 0 Å². The van der Waals surface area contributed by atoms with E-state index in [0.29, 0.717) is 27.7 Å². The Hall–Kier alpha value is -2.79. The average Bonchev–Trinajstić information content (AvgIpc) is 2.57. The Balaban J connectivity index is 2.47. The fraction of sp³-hybridized carbons (Fsp3) is 0.211. The SMILES string of the molecule is COC(C)(C)c1oc(=O)c2ccccc2c1-c1ccc(O)c(O)c1. The van der Waals surface area contributed by atoms with Crippen LogP contribution in [0.4, 0.5) is 0 Å². The predicted octanol–water partition coefficient (Wildman–Crippen LogP) is 3.75. The lowest BCUT2D eigenvalue weighted by Crippen LogP contribution is -2.23. The van der Waals surface area contributed by atoms with Crippen molar-refractivity contribution in [3.8, 4) is 22.6 Å². The van der Waals surface area contributed by atoms with E-state index in [0.717, 1.165) is 0 Å². The van der Waals surface area contributed by atoms with Crippen LogP contribution in [-0.2, 0) is 10.3 Å². The van der Waals surface area contributed by atoms with Crippen LogP contribution in [0.5, 0.6) is 11.5 Å². The van der Waals surface area contributed by atoms with Gasteiger partial charge >= 0.3 is 5.63 Å². The number of benzene rings is 2. The Morgan fingerprint density at radius 1 is 1.00 bits per heavy atom. The number of hydrogen-bond donors (Lipinski definition) is 2. The van der Waals surface area contributed by atoms with Crippen molar-refractivity contribution in [2.45, 2.75) is 19.4 Å². The number of phenolic OH excluding ortho intramolecular Hbond substituents is 2. The first kappa shape index (κ1) is 16.1. The highest BCUT2D eigenvalue weighted by Gasteiger charge is 2.29. The van der Waals surface area contributed by atoms with Gasteiger partial charge in [-0.1, -0.05) is 24.3 Å². The fourth-order valence-electron chi connectivity index (χ4n) is 2.68. The van der Waals surface area contributed by atoms with E-state index in [1.807, 2.05) is 12.1 Å². The molecule has 0 amide bonds. The summed E-state index contributed by atoms with van der Waals surface area (Å²) in [7, 11) is 1.53. The molecule has 3 rings (SSSR count). The van der Waals surface area contributed by atoms with Gasteiger partial charge in [-0.15, -0.1) is 0 Å². The van der Waals surface area contributed by atoms with Crippen molar-refractivity contribution in [3.05, 3.63) is 58.6 Å². The largest absolute Gasteiger partial charge is 0.504 e. The first-order chi connectivity index (χ1) is 11.3. The molecule has 0 atom stereocenters. The minimum atomic E-state index is -0.855. The lowest BCUT2D eigenvalue weighted by molar-refractivity contribution is -0.000439. The van der Waals surface area contributed by atoms with Gasteiger partial charge < -0.3 is 19.4 Å². The molecule has 24 heavy (non-hydrogen) atoms. The van der Waals surface area contributed by atoms with Gasteiger partial charge in [-0.05, 0) is 37.6 Å². The molecule has 1 aromatic heterocycles. The molecule has 0 spiro atoms. The van der Waals surface area contributed by atoms with Crippen LogP contribution in [0.25, 0.3) is 21.9 Å². The summed E-state index contributed by atoms with van der Waals surface area (Å²) >= 11 is 0. The Kier molecular flexibility index (Phi) is 3.81. The number of phenols is 2. The molecule has 0 aliphatic heterocycles. The van der Waals surface area contributed by atoms with Crippen LogP contribution in [0.3, 0.4) is 0 Å². The molecular formula is C19H18O5. The van der Waals surface area contributed by atoms with Crippen LogP contribution in [-0.4, -0.2) is 17.3 Å². The molecule has 124 valence electrons. The molecule has 0 radical (unpaired) electrons. The molecule has 1 heterocycles. The van der Waals surface area contributed by atoms with Crippen LogP contribution in [0.15, 0.2) is 51.7 Å². The monoisotopic (exact) mass is 326 g/mol. The van der Waals surface area contributed by atoms with E-state index in [9.17, 15) is 15.0 Å². The molecule has 3 aromatic rings. The molecule has 5 heteroatoms. The van der Waals surface area contributed by atoms with Crippen molar-refractivity contribution in [2.75, 3.05) is 7.11 Å². The van der Waals surface area contributed by atoms with Gasteiger partial charge in [0.05, 0.1) is 5.39 Å². The Morgan fingerprint density at radius 2 is 1.67 bits per heavy atom. The molecule has 0 aliphatic rings. The van der Waals surface area contributed by atoms with Gasteiger partial charge in [0.25, 0.3) is 0 Å². The maximum Gasteiger partial charge on any atom is 0.343 e. The van der Waals surface area contributed by atoms with Crippen molar-refractivity contribution in [2.24, 2.45) is 0 Å². The molecule has 0 saturated heterocycles. The van der Waals surface area contributed by atoms with Crippen LogP contribution >= 0.6 is 0 Å². The molecule has 0 saturated carbocycles. The zero-order valence-electron chi connectivity index (χ0n) is 13.7. The summed E-state index contributed by atoms with van der Waals surface area (Å²) in [5.41, 5.74) is -0.0401. The third-order valence-corrected chi connectivity index (χ3v) is 4.16. The summed E-state index contributed by atoms with van der Waals surface area (Å²) in [6.45, 7) is 3.59. The molecule has 5 nitrogen and oxygen atoms in total. The maximum absolute atomic E-state index is 12.4. The normalized spacial score (nSPS) is 11.8. The first-order valence-corrected chi connectivity index (χ1v) is 7.49. The van der Waals surface area contributed by atoms with Crippen LogP contribution < -0.4 is 5.63 Å². The lowest BCUT2D eigenvalue weighted by atomic mass is 9.91. The highest BCUT2D eigenvalue weighted by Crippen LogP contribution is 2.40. The van der Waals surface area contributed by atoms with Gasteiger partial charge in [0.1, 0.15) is 11.4 Å². The minimum absolute atomic E-state index is 0.215. The molecule has 0 bridgehead atoms. The molecular weight excluding hydrogens is 308 g/mol. The highest BCUT2D eigenvalue weighted by molar-refractivity contribution is 5.97. The van der Waals surface area contributed by atoms with Crippen LogP contribution in [0.2, 0.25) is 0 Å². The molecule has 0 aliphatic carbocycles. The number of methoxy groups -OCH3 is 1. The van der Waals surface area contributed by atoms with Gasteiger partial charge in [-0.2, -0.15) is 0 Å². The number of aromatic hydroxyl groups is 2. The van der Waals surface area contributed by atoms with Gasteiger partial charge in [-0.25, -0.2) is 4.79 Å². The van der Waals surface area contributed by atoms with E-state index >= 15 is 0 Å². The smallest absolute Gasteiger partial charge is 0.343 e. The maximum atomic E-state index is 12.4. The van der Waals surface area contributed by atoms with Crippen LogP contribution in [0.1, 0.15) is 19.6 Å². The van der Waals surface area contributed by atoms with Crippen molar-refractivity contribution >= 4 is 10.8 Å². The zero-order chi connectivity index (χ0) is 17.5. The molecule has 2 N–H and O–H groups in total. The zero-order valence-corrected chi connectivity index (χ0v) is 13.7. The Labute approximate surface area is 138 Å². The molecule has 2 aromatic carbocycles.